The molecule has 1 aromatic rings. The van der Waals surface area contributed by atoms with Crippen LogP contribution in [0.2, 0.25) is 0 Å². The molecule has 2 unspecified atom stereocenters. The molecule has 4 heteroatoms. The number of ether oxygens (including phenoxy) is 1. The molecule has 19 heavy (non-hydrogen) atoms. The zero-order valence-corrected chi connectivity index (χ0v) is 12.9. The predicted molar refractivity (Wildman–Crippen MR) is 78.6 cm³/mol. The van der Waals surface area contributed by atoms with Crippen LogP contribution in [0.4, 0.5) is 0 Å². The van der Waals surface area contributed by atoms with Gasteiger partial charge in [0.2, 0.25) is 7.37 Å². The third-order valence-electron chi connectivity index (χ3n) is 3.90. The average molecular weight is 282 g/mol. The molecule has 2 atom stereocenters. The van der Waals surface area contributed by atoms with Crippen molar-refractivity contribution in [3.05, 3.63) is 24.3 Å². The van der Waals surface area contributed by atoms with Crippen LogP contribution < -0.4 is 10.0 Å². The molecule has 0 spiro atoms. The molecule has 0 bridgehead atoms. The average Bonchev–Trinajstić information content (AvgIpc) is 2.62. The molecule has 0 amide bonds. The Morgan fingerprint density at radius 3 is 2.58 bits per heavy atom. The van der Waals surface area contributed by atoms with Gasteiger partial charge in [0, 0.05) is 11.5 Å². The molecule has 1 aliphatic heterocycles. The minimum absolute atomic E-state index is 0.482. The van der Waals surface area contributed by atoms with Crippen molar-refractivity contribution >= 4 is 12.7 Å². The number of methoxy groups -OCH3 is 1. The first-order chi connectivity index (χ1) is 9.05. The lowest BCUT2D eigenvalue weighted by Gasteiger charge is -2.23. The van der Waals surface area contributed by atoms with Gasteiger partial charge in [-0.3, -0.25) is 4.57 Å². The van der Waals surface area contributed by atoms with Crippen molar-refractivity contribution in [3.8, 4) is 5.75 Å². The minimum atomic E-state index is -2.71. The van der Waals surface area contributed by atoms with E-state index in [0.29, 0.717) is 24.6 Å². The highest BCUT2D eigenvalue weighted by Gasteiger charge is 2.33. The van der Waals surface area contributed by atoms with E-state index in [1.165, 1.54) is 0 Å². The normalized spacial score (nSPS) is 28.1. The molecule has 0 aromatic heterocycles. The first-order valence-electron chi connectivity index (χ1n) is 6.93. The predicted octanol–water partition coefficient (Wildman–Crippen LogP) is 3.68. The number of hydrogen-bond donors (Lipinski definition) is 0. The van der Waals surface area contributed by atoms with Crippen LogP contribution in [0, 0.1) is 11.8 Å². The van der Waals surface area contributed by atoms with Gasteiger partial charge in [-0.1, -0.05) is 13.8 Å². The monoisotopic (exact) mass is 282 g/mol. The van der Waals surface area contributed by atoms with Crippen LogP contribution >= 0.6 is 7.37 Å². The lowest BCUT2D eigenvalue weighted by molar-refractivity contribution is 0.316. The van der Waals surface area contributed by atoms with E-state index in [9.17, 15) is 4.57 Å². The summed E-state index contributed by atoms with van der Waals surface area (Å²) in [7, 11) is -1.07. The van der Waals surface area contributed by atoms with E-state index < -0.39 is 7.37 Å². The Labute approximate surface area is 115 Å². The van der Waals surface area contributed by atoms with Crippen LogP contribution in [0.1, 0.15) is 26.7 Å². The standard InChI is InChI=1S/C15H23O3P/c1-12(2)13-5-4-10-18-19(16,11-13)15-8-6-14(17-3)7-9-15/h6-9,12-13H,4-5,10-11H2,1-3H3. The lowest BCUT2D eigenvalue weighted by atomic mass is 9.93. The van der Waals surface area contributed by atoms with Gasteiger partial charge in [0.1, 0.15) is 5.75 Å². The largest absolute Gasteiger partial charge is 0.497 e. The van der Waals surface area contributed by atoms with Gasteiger partial charge < -0.3 is 9.26 Å². The highest BCUT2D eigenvalue weighted by molar-refractivity contribution is 7.67. The van der Waals surface area contributed by atoms with Crippen LogP contribution in [0.25, 0.3) is 0 Å². The van der Waals surface area contributed by atoms with Crippen LogP contribution in [-0.4, -0.2) is 19.9 Å². The first-order valence-corrected chi connectivity index (χ1v) is 8.74. The molecule has 0 aliphatic carbocycles. The quantitative estimate of drug-likeness (QED) is 0.793. The second kappa shape index (κ2) is 6.11. The molecule has 2 rings (SSSR count). The zero-order chi connectivity index (χ0) is 13.9. The summed E-state index contributed by atoms with van der Waals surface area (Å²) in [5.74, 6) is 1.81. The van der Waals surface area contributed by atoms with E-state index >= 15 is 0 Å². The fourth-order valence-corrected chi connectivity index (χ4v) is 5.26. The molecule has 0 radical (unpaired) electrons. The molecule has 1 heterocycles. The van der Waals surface area contributed by atoms with Crippen LogP contribution in [0.15, 0.2) is 24.3 Å². The van der Waals surface area contributed by atoms with Crippen molar-refractivity contribution in [2.75, 3.05) is 19.9 Å². The SMILES string of the molecule is COc1ccc(P2(=O)CC(C(C)C)CCCO2)cc1. The van der Waals surface area contributed by atoms with E-state index in [-0.39, 0.29) is 0 Å². The van der Waals surface area contributed by atoms with E-state index in [1.54, 1.807) is 7.11 Å². The highest BCUT2D eigenvalue weighted by atomic mass is 31.2. The Balaban J connectivity index is 2.25. The minimum Gasteiger partial charge on any atom is -0.497 e. The summed E-state index contributed by atoms with van der Waals surface area (Å²) in [5, 5.41) is 0.820. The molecule has 1 fully saturated rings. The second-order valence-corrected chi connectivity index (χ2v) is 8.02. The Bertz CT molecular complexity index is 453. The third kappa shape index (κ3) is 3.40. The maximum Gasteiger partial charge on any atom is 0.232 e. The van der Waals surface area contributed by atoms with Gasteiger partial charge in [-0.15, -0.1) is 0 Å². The highest BCUT2D eigenvalue weighted by Crippen LogP contribution is 2.51. The summed E-state index contributed by atoms with van der Waals surface area (Å²) in [6.07, 6.45) is 2.78. The number of benzene rings is 1. The van der Waals surface area contributed by atoms with E-state index in [0.717, 1.165) is 23.9 Å². The topological polar surface area (TPSA) is 35.5 Å². The van der Waals surface area contributed by atoms with Gasteiger partial charge in [0.25, 0.3) is 0 Å². The van der Waals surface area contributed by atoms with Gasteiger partial charge >= 0.3 is 0 Å². The van der Waals surface area contributed by atoms with E-state index in [4.69, 9.17) is 9.26 Å². The maximum absolute atomic E-state index is 13.1. The summed E-state index contributed by atoms with van der Waals surface area (Å²) < 4.78 is 24.0. The van der Waals surface area contributed by atoms with Gasteiger partial charge in [0.15, 0.2) is 0 Å². The Kier molecular flexibility index (Phi) is 4.70. The fourth-order valence-electron chi connectivity index (χ4n) is 2.54. The van der Waals surface area contributed by atoms with Gasteiger partial charge in [-0.05, 0) is 48.9 Å². The fraction of sp³-hybridized carbons (Fsp3) is 0.600. The van der Waals surface area contributed by atoms with Crippen LogP contribution in [0.5, 0.6) is 5.75 Å². The molecule has 0 N–H and O–H groups in total. The molecule has 1 aliphatic rings. The Morgan fingerprint density at radius 1 is 1.32 bits per heavy atom. The number of rotatable bonds is 3. The molecule has 0 saturated carbocycles. The Morgan fingerprint density at radius 2 is 2.00 bits per heavy atom. The second-order valence-electron chi connectivity index (χ2n) is 5.53. The summed E-state index contributed by atoms with van der Waals surface area (Å²) in [6, 6.07) is 7.46. The van der Waals surface area contributed by atoms with Gasteiger partial charge in [0.05, 0.1) is 13.7 Å². The molecule has 106 valence electrons. The van der Waals surface area contributed by atoms with Crippen molar-refractivity contribution in [3.63, 3.8) is 0 Å². The van der Waals surface area contributed by atoms with Crippen molar-refractivity contribution in [2.24, 2.45) is 11.8 Å². The lowest BCUT2D eigenvalue weighted by Crippen LogP contribution is -2.17. The number of hydrogen-bond acceptors (Lipinski definition) is 3. The molecule has 3 nitrogen and oxygen atoms in total. The van der Waals surface area contributed by atoms with E-state index in [2.05, 4.69) is 13.8 Å². The third-order valence-corrected chi connectivity index (χ3v) is 6.54. The zero-order valence-electron chi connectivity index (χ0n) is 12.0. The molecular formula is C15H23O3P. The van der Waals surface area contributed by atoms with Crippen molar-refractivity contribution in [1.82, 2.24) is 0 Å². The smallest absolute Gasteiger partial charge is 0.232 e. The Hall–Kier alpha value is -0.790. The summed E-state index contributed by atoms with van der Waals surface area (Å²) in [4.78, 5) is 0. The van der Waals surface area contributed by atoms with Gasteiger partial charge in [-0.25, -0.2) is 0 Å². The van der Waals surface area contributed by atoms with Crippen molar-refractivity contribution < 1.29 is 13.8 Å². The van der Waals surface area contributed by atoms with Crippen molar-refractivity contribution in [2.45, 2.75) is 26.7 Å². The van der Waals surface area contributed by atoms with Crippen molar-refractivity contribution in [1.29, 1.82) is 0 Å². The molecule has 1 aromatic carbocycles. The summed E-state index contributed by atoms with van der Waals surface area (Å²) >= 11 is 0. The summed E-state index contributed by atoms with van der Waals surface area (Å²) in [6.45, 7) is 5.01. The molecule has 1 saturated heterocycles. The van der Waals surface area contributed by atoms with E-state index in [1.807, 2.05) is 24.3 Å². The molecular weight excluding hydrogens is 259 g/mol. The van der Waals surface area contributed by atoms with Crippen LogP contribution in [-0.2, 0) is 9.09 Å². The van der Waals surface area contributed by atoms with Gasteiger partial charge in [-0.2, -0.15) is 0 Å². The first kappa shape index (κ1) is 14.6. The van der Waals surface area contributed by atoms with Crippen LogP contribution in [0.3, 0.4) is 0 Å². The summed E-state index contributed by atoms with van der Waals surface area (Å²) in [5.41, 5.74) is 0. The maximum atomic E-state index is 13.1.